The van der Waals surface area contributed by atoms with Gasteiger partial charge in [-0.1, -0.05) is 81.4 Å². The number of hydrogen-bond donors (Lipinski definition) is 0. The van der Waals surface area contributed by atoms with Crippen molar-refractivity contribution in [2.24, 2.45) is 0 Å². The van der Waals surface area contributed by atoms with Crippen molar-refractivity contribution < 1.29 is 13.9 Å². The van der Waals surface area contributed by atoms with Gasteiger partial charge in [-0.3, -0.25) is 0 Å². The standard InChI is InChI=1S/C25H34Br2O3Si/c1-25(2,3)31(4,5)30-19-23(29-18-21-14-10-7-11-15-21)22(16-24(26)27)28-17-20-12-8-6-9-13-20/h6-16,22-23H,17-19H2,1-5H3/t22-,23-/m1/s1. The Labute approximate surface area is 205 Å². The molecule has 0 saturated heterocycles. The van der Waals surface area contributed by atoms with Gasteiger partial charge in [0.15, 0.2) is 8.32 Å². The van der Waals surface area contributed by atoms with Gasteiger partial charge in [-0.25, -0.2) is 0 Å². The van der Waals surface area contributed by atoms with Crippen LogP contribution in [0.4, 0.5) is 0 Å². The summed E-state index contributed by atoms with van der Waals surface area (Å²) in [4.78, 5) is 0. The fourth-order valence-corrected chi connectivity index (χ4v) is 4.21. The first kappa shape index (κ1) is 26.5. The van der Waals surface area contributed by atoms with Crippen LogP contribution in [-0.2, 0) is 27.1 Å². The van der Waals surface area contributed by atoms with E-state index < -0.39 is 8.32 Å². The van der Waals surface area contributed by atoms with E-state index >= 15 is 0 Å². The fraction of sp³-hybridized carbons (Fsp3) is 0.440. The fourth-order valence-electron chi connectivity index (χ4n) is 2.68. The Hall–Kier alpha value is -0.763. The van der Waals surface area contributed by atoms with Crippen molar-refractivity contribution in [1.29, 1.82) is 0 Å². The van der Waals surface area contributed by atoms with Crippen LogP contribution >= 0.6 is 31.9 Å². The molecule has 0 heterocycles. The normalized spacial score (nSPS) is 14.2. The molecule has 2 aromatic carbocycles. The van der Waals surface area contributed by atoms with Crippen molar-refractivity contribution in [1.82, 2.24) is 0 Å². The lowest BCUT2D eigenvalue weighted by Crippen LogP contribution is -2.45. The molecule has 0 aliphatic rings. The molecule has 0 aliphatic heterocycles. The molecule has 0 saturated carbocycles. The smallest absolute Gasteiger partial charge is 0.192 e. The van der Waals surface area contributed by atoms with Gasteiger partial charge in [0.2, 0.25) is 0 Å². The van der Waals surface area contributed by atoms with Crippen molar-refractivity contribution in [2.45, 2.75) is 64.3 Å². The Morgan fingerprint density at radius 1 is 0.871 bits per heavy atom. The summed E-state index contributed by atoms with van der Waals surface area (Å²) in [6.45, 7) is 12.7. The first-order valence-electron chi connectivity index (χ1n) is 10.6. The van der Waals surface area contributed by atoms with Crippen LogP contribution in [0.1, 0.15) is 31.9 Å². The summed E-state index contributed by atoms with van der Waals surface area (Å²) >= 11 is 7.00. The third-order valence-electron chi connectivity index (χ3n) is 5.66. The van der Waals surface area contributed by atoms with E-state index in [2.05, 4.69) is 90.0 Å². The summed E-state index contributed by atoms with van der Waals surface area (Å²) in [5, 5.41) is 0.128. The van der Waals surface area contributed by atoms with Crippen LogP contribution in [0.5, 0.6) is 0 Å². The van der Waals surface area contributed by atoms with E-state index in [0.29, 0.717) is 19.8 Å². The predicted octanol–water partition coefficient (Wildman–Crippen LogP) is 7.81. The van der Waals surface area contributed by atoms with Gasteiger partial charge in [0.25, 0.3) is 0 Å². The van der Waals surface area contributed by atoms with Gasteiger partial charge in [0, 0.05) is 0 Å². The first-order chi connectivity index (χ1) is 14.6. The maximum atomic E-state index is 6.53. The highest BCUT2D eigenvalue weighted by atomic mass is 79.9. The highest BCUT2D eigenvalue weighted by molar-refractivity contribution is 9.28. The van der Waals surface area contributed by atoms with Gasteiger partial charge < -0.3 is 13.9 Å². The molecule has 6 heteroatoms. The second-order valence-electron chi connectivity index (χ2n) is 9.12. The summed E-state index contributed by atoms with van der Waals surface area (Å²) in [5.74, 6) is 0. The molecule has 170 valence electrons. The predicted molar refractivity (Wildman–Crippen MR) is 139 cm³/mol. The Bertz CT molecular complexity index is 801. The molecular weight excluding hydrogens is 536 g/mol. The molecule has 0 fully saturated rings. The molecule has 0 amide bonds. The van der Waals surface area contributed by atoms with E-state index in [4.69, 9.17) is 13.9 Å². The molecule has 2 aromatic rings. The lowest BCUT2D eigenvalue weighted by Gasteiger charge is -2.38. The van der Waals surface area contributed by atoms with E-state index in [1.165, 1.54) is 0 Å². The third kappa shape index (κ3) is 9.32. The van der Waals surface area contributed by atoms with Crippen molar-refractivity contribution in [3.05, 3.63) is 81.3 Å². The van der Waals surface area contributed by atoms with Crippen LogP contribution in [0.3, 0.4) is 0 Å². The lowest BCUT2D eigenvalue weighted by atomic mass is 10.2. The Kier molecular flexibility index (Phi) is 10.7. The van der Waals surface area contributed by atoms with E-state index in [0.717, 1.165) is 14.5 Å². The number of ether oxygens (including phenoxy) is 2. The molecule has 0 spiro atoms. The molecule has 0 bridgehead atoms. The minimum absolute atomic E-state index is 0.128. The zero-order valence-corrected chi connectivity index (χ0v) is 23.3. The van der Waals surface area contributed by atoms with Crippen LogP contribution in [-0.4, -0.2) is 27.1 Å². The van der Waals surface area contributed by atoms with Gasteiger partial charge in [0.1, 0.15) is 12.2 Å². The zero-order valence-electron chi connectivity index (χ0n) is 19.1. The topological polar surface area (TPSA) is 27.7 Å². The van der Waals surface area contributed by atoms with E-state index in [-0.39, 0.29) is 17.2 Å². The second-order valence-corrected chi connectivity index (χ2v) is 16.7. The van der Waals surface area contributed by atoms with Crippen LogP contribution in [0.15, 0.2) is 70.1 Å². The SMILES string of the molecule is CC(C)(C)[Si](C)(C)OC[C@@H](OCc1ccccc1)[C@@H](C=C(Br)Br)OCc1ccccc1. The minimum atomic E-state index is -1.93. The van der Waals surface area contributed by atoms with Gasteiger partial charge in [-0.2, -0.15) is 0 Å². The summed E-state index contributed by atoms with van der Waals surface area (Å²) in [7, 11) is -1.93. The molecule has 2 atom stereocenters. The van der Waals surface area contributed by atoms with Crippen molar-refractivity contribution >= 4 is 40.2 Å². The molecule has 0 N–H and O–H groups in total. The number of halogens is 2. The second kappa shape index (κ2) is 12.5. The van der Waals surface area contributed by atoms with Crippen LogP contribution in [0.25, 0.3) is 0 Å². The van der Waals surface area contributed by atoms with Crippen LogP contribution in [0.2, 0.25) is 18.1 Å². The molecular formula is C25H34Br2O3Si. The van der Waals surface area contributed by atoms with E-state index in [1.54, 1.807) is 0 Å². The summed E-state index contributed by atoms with van der Waals surface area (Å²) < 4.78 is 20.1. The zero-order chi connectivity index (χ0) is 22.9. The number of benzene rings is 2. The maximum absolute atomic E-state index is 6.53. The molecule has 0 aliphatic carbocycles. The van der Waals surface area contributed by atoms with Gasteiger partial charge in [-0.15, -0.1) is 0 Å². The summed E-state index contributed by atoms with van der Waals surface area (Å²) in [5.41, 5.74) is 2.25. The average molecular weight is 570 g/mol. The summed E-state index contributed by atoms with van der Waals surface area (Å²) in [6.07, 6.45) is 1.47. The molecule has 0 aromatic heterocycles. The van der Waals surface area contributed by atoms with Gasteiger partial charge >= 0.3 is 0 Å². The highest BCUT2D eigenvalue weighted by Gasteiger charge is 2.38. The first-order valence-corrected chi connectivity index (χ1v) is 15.1. The molecule has 0 unspecified atom stereocenters. The Morgan fingerprint density at radius 3 is 1.81 bits per heavy atom. The largest absolute Gasteiger partial charge is 0.414 e. The van der Waals surface area contributed by atoms with Gasteiger partial charge in [0.05, 0.1) is 23.2 Å². The van der Waals surface area contributed by atoms with Crippen molar-refractivity contribution in [2.75, 3.05) is 6.61 Å². The lowest BCUT2D eigenvalue weighted by molar-refractivity contribution is -0.0824. The number of hydrogen-bond acceptors (Lipinski definition) is 3. The highest BCUT2D eigenvalue weighted by Crippen LogP contribution is 2.37. The van der Waals surface area contributed by atoms with Crippen LogP contribution in [0, 0.1) is 0 Å². The molecule has 3 nitrogen and oxygen atoms in total. The summed E-state index contributed by atoms with van der Waals surface area (Å²) in [6, 6.07) is 20.4. The van der Waals surface area contributed by atoms with Crippen molar-refractivity contribution in [3.8, 4) is 0 Å². The molecule has 31 heavy (non-hydrogen) atoms. The third-order valence-corrected chi connectivity index (χ3v) is 10.7. The quantitative estimate of drug-likeness (QED) is 0.258. The molecule has 2 rings (SSSR count). The monoisotopic (exact) mass is 568 g/mol. The van der Waals surface area contributed by atoms with Gasteiger partial charge in [-0.05, 0) is 67.2 Å². The molecule has 0 radical (unpaired) electrons. The van der Waals surface area contributed by atoms with Crippen molar-refractivity contribution in [3.63, 3.8) is 0 Å². The average Bonchev–Trinajstić information content (AvgIpc) is 2.72. The Morgan fingerprint density at radius 2 is 1.35 bits per heavy atom. The number of rotatable bonds is 11. The minimum Gasteiger partial charge on any atom is -0.414 e. The van der Waals surface area contributed by atoms with E-state index in [1.807, 2.05) is 42.5 Å². The maximum Gasteiger partial charge on any atom is 0.192 e. The van der Waals surface area contributed by atoms with Crippen LogP contribution < -0.4 is 0 Å². The van der Waals surface area contributed by atoms with E-state index in [9.17, 15) is 0 Å². The Balaban J connectivity index is 2.18.